The minimum Gasteiger partial charge on any atom is -0.377 e. The molecule has 0 spiro atoms. The van der Waals surface area contributed by atoms with Gasteiger partial charge in [-0.3, -0.25) is 0 Å². The highest BCUT2D eigenvalue weighted by Gasteiger charge is 2.40. The van der Waals surface area contributed by atoms with Crippen molar-refractivity contribution >= 4 is 9.84 Å². The molecule has 4 nitrogen and oxygen atoms in total. The molecular weight excluding hydrogens is 262 g/mol. The second kappa shape index (κ2) is 6.03. The fourth-order valence-electron chi connectivity index (χ4n) is 2.69. The molecule has 0 radical (unpaired) electrons. The lowest BCUT2D eigenvalue weighted by molar-refractivity contribution is 0.126. The van der Waals surface area contributed by atoms with E-state index in [1.54, 1.807) is 0 Å². The van der Waals surface area contributed by atoms with Crippen LogP contribution in [0, 0.1) is 0 Å². The first-order valence-electron chi connectivity index (χ1n) is 6.66. The predicted molar refractivity (Wildman–Crippen MR) is 75.6 cm³/mol. The maximum absolute atomic E-state index is 12.8. The smallest absolute Gasteiger partial charge is 0.162 e. The van der Waals surface area contributed by atoms with Gasteiger partial charge in [-0.25, -0.2) is 8.42 Å². The summed E-state index contributed by atoms with van der Waals surface area (Å²) in [5, 5.41) is -0.933. The minimum atomic E-state index is -3.27. The lowest BCUT2D eigenvalue weighted by atomic mass is 10.1. The zero-order valence-corrected chi connectivity index (χ0v) is 12.0. The van der Waals surface area contributed by atoms with Crippen molar-refractivity contribution in [3.8, 4) is 0 Å². The fraction of sp³-hybridized carbons (Fsp3) is 0.571. The molecule has 106 valence electrons. The van der Waals surface area contributed by atoms with Gasteiger partial charge in [0.1, 0.15) is 0 Å². The monoisotopic (exact) mass is 283 g/mol. The predicted octanol–water partition coefficient (Wildman–Crippen LogP) is 1.67. The summed E-state index contributed by atoms with van der Waals surface area (Å²) in [7, 11) is -3.27. The van der Waals surface area contributed by atoms with Gasteiger partial charge in [0.15, 0.2) is 9.84 Å². The Hall–Kier alpha value is -0.910. The fourth-order valence-corrected chi connectivity index (χ4v) is 5.15. The number of nitrogens with two attached hydrogens (primary N) is 1. The normalized spacial score (nSPS) is 25.4. The van der Waals surface area contributed by atoms with E-state index in [0.717, 1.165) is 5.56 Å². The Balaban J connectivity index is 2.33. The van der Waals surface area contributed by atoms with Crippen LogP contribution in [0.5, 0.6) is 0 Å². The Morgan fingerprint density at radius 1 is 1.37 bits per heavy atom. The Bertz CT molecular complexity index is 501. The molecule has 1 saturated heterocycles. The minimum absolute atomic E-state index is 0.228. The van der Waals surface area contributed by atoms with Crippen LogP contribution in [-0.4, -0.2) is 32.9 Å². The zero-order valence-electron chi connectivity index (χ0n) is 11.2. The third-order valence-corrected chi connectivity index (χ3v) is 6.49. The van der Waals surface area contributed by atoms with Crippen molar-refractivity contribution in [1.82, 2.24) is 0 Å². The second-order valence-corrected chi connectivity index (χ2v) is 7.32. The average molecular weight is 283 g/mol. The number of ether oxygens (including phenoxy) is 1. The molecule has 2 rings (SSSR count). The van der Waals surface area contributed by atoms with Crippen molar-refractivity contribution in [1.29, 1.82) is 0 Å². The van der Waals surface area contributed by atoms with E-state index in [1.807, 2.05) is 37.3 Å². The van der Waals surface area contributed by atoms with Crippen molar-refractivity contribution in [2.45, 2.75) is 36.4 Å². The molecule has 2 N–H and O–H groups in total. The van der Waals surface area contributed by atoms with Gasteiger partial charge in [-0.05, 0) is 31.9 Å². The Labute approximate surface area is 114 Å². The summed E-state index contributed by atoms with van der Waals surface area (Å²) in [6.45, 7) is 2.72. The summed E-state index contributed by atoms with van der Waals surface area (Å²) < 4.78 is 31.0. The van der Waals surface area contributed by atoms with Gasteiger partial charge < -0.3 is 10.5 Å². The molecule has 0 aromatic heterocycles. The van der Waals surface area contributed by atoms with E-state index >= 15 is 0 Å². The van der Waals surface area contributed by atoms with Crippen LogP contribution in [0.25, 0.3) is 0 Å². The van der Waals surface area contributed by atoms with E-state index in [-0.39, 0.29) is 6.10 Å². The second-order valence-electron chi connectivity index (χ2n) is 4.97. The third-order valence-electron chi connectivity index (χ3n) is 3.73. The van der Waals surface area contributed by atoms with Crippen LogP contribution in [0.4, 0.5) is 0 Å². The van der Waals surface area contributed by atoms with Crippen molar-refractivity contribution in [2.75, 3.05) is 13.2 Å². The van der Waals surface area contributed by atoms with E-state index in [4.69, 9.17) is 10.5 Å². The highest BCUT2D eigenvalue weighted by molar-refractivity contribution is 7.92. The first-order chi connectivity index (χ1) is 9.07. The highest BCUT2D eigenvalue weighted by atomic mass is 32.2. The van der Waals surface area contributed by atoms with Crippen LogP contribution in [0.3, 0.4) is 0 Å². The number of hydrogen-bond donors (Lipinski definition) is 1. The molecule has 1 aliphatic heterocycles. The molecule has 0 bridgehead atoms. The van der Waals surface area contributed by atoms with E-state index in [1.165, 1.54) is 0 Å². The molecule has 1 fully saturated rings. The maximum Gasteiger partial charge on any atom is 0.162 e. The summed E-state index contributed by atoms with van der Waals surface area (Å²) in [5.74, 6) is 0. The summed E-state index contributed by atoms with van der Waals surface area (Å²) in [5.41, 5.74) is 6.43. The van der Waals surface area contributed by atoms with Crippen LogP contribution >= 0.6 is 0 Å². The van der Waals surface area contributed by atoms with Crippen LogP contribution in [0.1, 0.15) is 30.6 Å². The maximum atomic E-state index is 12.8. The summed E-state index contributed by atoms with van der Waals surface area (Å²) in [6.07, 6.45) is 0.807. The van der Waals surface area contributed by atoms with Gasteiger partial charge >= 0.3 is 0 Å². The third kappa shape index (κ3) is 2.99. The molecule has 1 aromatic rings. The molecule has 19 heavy (non-hydrogen) atoms. The van der Waals surface area contributed by atoms with E-state index in [2.05, 4.69) is 0 Å². The van der Waals surface area contributed by atoms with Gasteiger partial charge in [-0.15, -0.1) is 0 Å². The molecule has 3 atom stereocenters. The van der Waals surface area contributed by atoms with E-state index in [9.17, 15) is 8.42 Å². The van der Waals surface area contributed by atoms with Crippen LogP contribution in [0.2, 0.25) is 0 Å². The standard InChI is InChI=1S/C14H21NO3S/c1-11-13(8-10-18-11)19(16,17)14(7-9-15)12-5-3-2-4-6-12/h2-6,11,13-14H,7-10,15H2,1H3. The van der Waals surface area contributed by atoms with E-state index in [0.29, 0.717) is 26.0 Å². The van der Waals surface area contributed by atoms with Gasteiger partial charge in [-0.2, -0.15) is 0 Å². The molecule has 3 unspecified atom stereocenters. The lowest BCUT2D eigenvalue weighted by Crippen LogP contribution is -2.33. The molecule has 0 amide bonds. The molecule has 1 heterocycles. The summed E-state index contributed by atoms with van der Waals surface area (Å²) in [6, 6.07) is 9.33. The van der Waals surface area contributed by atoms with Crippen molar-refractivity contribution < 1.29 is 13.2 Å². The number of benzene rings is 1. The van der Waals surface area contributed by atoms with Crippen LogP contribution < -0.4 is 5.73 Å². The first-order valence-corrected chi connectivity index (χ1v) is 8.27. The molecule has 1 aliphatic rings. The van der Waals surface area contributed by atoms with E-state index < -0.39 is 20.3 Å². The average Bonchev–Trinajstić information content (AvgIpc) is 2.84. The Morgan fingerprint density at radius 2 is 2.05 bits per heavy atom. The van der Waals surface area contributed by atoms with Crippen molar-refractivity contribution in [3.05, 3.63) is 35.9 Å². The van der Waals surface area contributed by atoms with Crippen molar-refractivity contribution in [2.24, 2.45) is 5.73 Å². The zero-order chi connectivity index (χ0) is 13.9. The molecule has 0 aliphatic carbocycles. The SMILES string of the molecule is CC1OCCC1S(=O)(=O)C(CCN)c1ccccc1. The lowest BCUT2D eigenvalue weighted by Gasteiger charge is -2.23. The van der Waals surface area contributed by atoms with Crippen LogP contribution in [-0.2, 0) is 14.6 Å². The number of sulfone groups is 1. The van der Waals surface area contributed by atoms with Gasteiger partial charge in [0, 0.05) is 6.61 Å². The molecule has 1 aromatic carbocycles. The number of rotatable bonds is 5. The first kappa shape index (κ1) is 14.5. The molecular formula is C14H21NO3S. The van der Waals surface area contributed by atoms with Crippen LogP contribution in [0.15, 0.2) is 30.3 Å². The van der Waals surface area contributed by atoms with Gasteiger partial charge in [0.05, 0.1) is 16.6 Å². The quantitative estimate of drug-likeness (QED) is 0.892. The largest absolute Gasteiger partial charge is 0.377 e. The Morgan fingerprint density at radius 3 is 2.58 bits per heavy atom. The topological polar surface area (TPSA) is 69.4 Å². The Kier molecular flexibility index (Phi) is 4.60. The molecule has 5 heteroatoms. The van der Waals surface area contributed by atoms with Crippen molar-refractivity contribution in [3.63, 3.8) is 0 Å². The van der Waals surface area contributed by atoms with Gasteiger partial charge in [0.2, 0.25) is 0 Å². The van der Waals surface area contributed by atoms with Gasteiger partial charge in [0.25, 0.3) is 0 Å². The number of hydrogen-bond acceptors (Lipinski definition) is 4. The highest BCUT2D eigenvalue weighted by Crippen LogP contribution is 2.34. The summed E-state index contributed by atoms with van der Waals surface area (Å²) in [4.78, 5) is 0. The molecule has 0 saturated carbocycles. The summed E-state index contributed by atoms with van der Waals surface area (Å²) >= 11 is 0. The van der Waals surface area contributed by atoms with Gasteiger partial charge in [-0.1, -0.05) is 30.3 Å².